The van der Waals surface area contributed by atoms with Gasteiger partial charge in [-0.3, -0.25) is 0 Å². The van der Waals surface area contributed by atoms with Crippen LogP contribution in [0.4, 0.5) is 0 Å². The van der Waals surface area contributed by atoms with Crippen molar-refractivity contribution in [2.75, 3.05) is 0 Å². The summed E-state index contributed by atoms with van der Waals surface area (Å²) in [7, 11) is 0. The van der Waals surface area contributed by atoms with Gasteiger partial charge in [0.25, 0.3) is 0 Å². The van der Waals surface area contributed by atoms with Gasteiger partial charge in [0.15, 0.2) is 0 Å². The number of carbonyl (C=O) groups is 2. The fourth-order valence-electron chi connectivity index (χ4n) is 6.30. The van der Waals surface area contributed by atoms with Gasteiger partial charge in [-0.05, 0) is 125 Å². The Kier molecular flexibility index (Phi) is 9.88. The van der Waals surface area contributed by atoms with Crippen LogP contribution in [0.5, 0.6) is 0 Å². The molecule has 11 heteroatoms. The average molecular weight is 656 g/mol. The number of carboxylic acid groups (broad SMARTS) is 2. The molecule has 0 fully saturated rings. The van der Waals surface area contributed by atoms with E-state index in [0.29, 0.717) is 50.5 Å². The number of hydrogen-bond donors (Lipinski definition) is 4. The number of allylic oxidation sites excluding steroid dienone is 3. The molecule has 0 saturated carbocycles. The van der Waals surface area contributed by atoms with E-state index in [2.05, 4.69) is 9.97 Å². The van der Waals surface area contributed by atoms with Crippen molar-refractivity contribution in [3.63, 3.8) is 0 Å². The van der Waals surface area contributed by atoms with E-state index in [1.807, 2.05) is 52.0 Å². The number of H-pyrrole nitrogens is 2. The molecule has 45 heavy (non-hydrogen) atoms. The van der Waals surface area contributed by atoms with Gasteiger partial charge in [-0.25, -0.2) is 9.97 Å². The summed E-state index contributed by atoms with van der Waals surface area (Å²) in [4.78, 5) is 39.5. The summed E-state index contributed by atoms with van der Waals surface area (Å²) < 4.78 is 0. The predicted octanol–water partition coefficient (Wildman–Crippen LogP) is 3.44. The summed E-state index contributed by atoms with van der Waals surface area (Å²) in [6, 6.07) is 7.41. The van der Waals surface area contributed by atoms with E-state index in [1.54, 1.807) is 13.8 Å². The molecule has 0 aromatic carbocycles. The van der Waals surface area contributed by atoms with Gasteiger partial charge in [-0.1, -0.05) is 0 Å². The second kappa shape index (κ2) is 13.1. The number of aliphatic hydroxyl groups is 2. The predicted molar refractivity (Wildman–Crippen MR) is 165 cm³/mol. The second-order valence-corrected chi connectivity index (χ2v) is 11.6. The number of aromatic amines is 2. The van der Waals surface area contributed by atoms with E-state index in [-0.39, 0.29) is 42.5 Å². The number of aliphatic carboxylic acids is 2. The number of rotatable bonds is 8. The van der Waals surface area contributed by atoms with Crippen LogP contribution in [0.3, 0.4) is 0 Å². The minimum atomic E-state index is -1.17. The van der Waals surface area contributed by atoms with Crippen LogP contribution in [-0.4, -0.2) is 48.2 Å². The van der Waals surface area contributed by atoms with Gasteiger partial charge in [0.1, 0.15) is 0 Å². The Balaban J connectivity index is 0.00000461. The molecule has 2 aliphatic heterocycles. The molecule has 0 amide bonds. The molecule has 5 rings (SSSR count). The van der Waals surface area contributed by atoms with Crippen molar-refractivity contribution in [3.8, 4) is 0 Å². The van der Waals surface area contributed by atoms with Gasteiger partial charge < -0.3 is 40.0 Å². The number of aliphatic hydroxyl groups excluding tert-OH is 2. The molecule has 1 radical (unpaired) electrons. The molecule has 2 atom stereocenters. The van der Waals surface area contributed by atoms with Crippen molar-refractivity contribution >= 4 is 56.3 Å². The summed E-state index contributed by atoms with van der Waals surface area (Å²) >= 11 is 0. The molecule has 2 aliphatic rings. The number of carbonyl (C=O) groups excluding carboxylic acids is 2. The van der Waals surface area contributed by atoms with Gasteiger partial charge in [-0.2, -0.15) is 0 Å². The fraction of sp³-hybridized carbons (Fsp3) is 0.353. The standard InChI is InChI=1S/C34H38N4O6.Co/c1-15-21(7-9-31(41)42)27-14-28-22(8-10-32(43)44)16(2)24(36-28)12-29-34(20(6)40)18(4)26(38-29)13-30-33(19(5)39)17(3)25(37-30)11-23(15)35-27;/h11-14,19-20,36-37,39-40H,7-10H2,1-6H3,(H,41,42)(H,43,44);/q;+2/p-2. The zero-order valence-electron chi connectivity index (χ0n) is 26.0. The van der Waals surface area contributed by atoms with Gasteiger partial charge >= 0.3 is 16.8 Å². The van der Waals surface area contributed by atoms with Crippen molar-refractivity contribution in [2.45, 2.75) is 79.4 Å². The summed E-state index contributed by atoms with van der Waals surface area (Å²) in [6.07, 6.45) is -1.56. The second-order valence-electron chi connectivity index (χ2n) is 11.6. The van der Waals surface area contributed by atoms with Crippen LogP contribution in [-0.2, 0) is 32.8 Å². The van der Waals surface area contributed by atoms with E-state index in [1.165, 1.54) is 0 Å². The average Bonchev–Trinajstić information content (AvgIpc) is 3.59. The summed E-state index contributed by atoms with van der Waals surface area (Å²) in [5.74, 6) is -2.34. The normalized spacial score (nSPS) is 14.4. The van der Waals surface area contributed by atoms with Crippen LogP contribution in [0.2, 0.25) is 0 Å². The molecule has 3 aromatic heterocycles. The van der Waals surface area contributed by atoms with Crippen LogP contribution in [0.15, 0.2) is 24.3 Å². The zero-order valence-corrected chi connectivity index (χ0v) is 27.1. The SMILES string of the molecule is CC1=C(CCC(=O)[O-])c2cc3[nH]c(cc4nc(cc5[nH]c(cc1n2)c(C)c5C(C)O)C(C)=C4C(C)O)c(C)c3CCC(=O)[O-].[Co+2]. The van der Waals surface area contributed by atoms with Crippen molar-refractivity contribution < 1.29 is 46.8 Å². The van der Waals surface area contributed by atoms with Crippen molar-refractivity contribution in [1.82, 2.24) is 19.9 Å². The number of aryl methyl sites for hydroxylation is 3. The minimum Gasteiger partial charge on any atom is -0.550 e. The first-order chi connectivity index (χ1) is 20.8. The molecule has 5 heterocycles. The van der Waals surface area contributed by atoms with E-state index in [0.717, 1.165) is 38.9 Å². The number of nitrogens with one attached hydrogen (secondary N) is 2. The molecular formula is C34H36CoN4O6. The summed E-state index contributed by atoms with van der Waals surface area (Å²) in [5.41, 5.74) is 11.3. The van der Waals surface area contributed by atoms with Crippen molar-refractivity contribution in [1.29, 1.82) is 0 Å². The molecule has 0 saturated heterocycles. The Labute approximate surface area is 271 Å². The third-order valence-electron chi connectivity index (χ3n) is 8.63. The minimum absolute atomic E-state index is 0. The number of fused-ring (bicyclic) bond motifs is 8. The maximum Gasteiger partial charge on any atom is 2.00 e. The Morgan fingerprint density at radius 2 is 1.22 bits per heavy atom. The Hall–Kier alpha value is -4.03. The van der Waals surface area contributed by atoms with Gasteiger partial charge in [0, 0.05) is 45.1 Å². The first kappa shape index (κ1) is 33.9. The largest absolute Gasteiger partial charge is 2.00 e. The molecule has 10 nitrogen and oxygen atoms in total. The molecular weight excluding hydrogens is 619 g/mol. The molecule has 4 N–H and O–H groups in total. The van der Waals surface area contributed by atoms with Gasteiger partial charge in [0.05, 0.1) is 35.0 Å². The van der Waals surface area contributed by atoms with Crippen molar-refractivity contribution in [2.24, 2.45) is 0 Å². The summed E-state index contributed by atoms with van der Waals surface area (Å²) in [6.45, 7) is 11.0. The fourth-order valence-corrected chi connectivity index (χ4v) is 6.30. The maximum atomic E-state index is 11.4. The molecule has 8 bridgehead atoms. The maximum absolute atomic E-state index is 11.4. The number of carboxylic acids is 2. The van der Waals surface area contributed by atoms with Crippen LogP contribution >= 0.6 is 0 Å². The van der Waals surface area contributed by atoms with E-state index in [9.17, 15) is 30.0 Å². The monoisotopic (exact) mass is 655 g/mol. The first-order valence-electron chi connectivity index (χ1n) is 14.7. The zero-order chi connectivity index (χ0) is 32.0. The van der Waals surface area contributed by atoms with Crippen LogP contribution in [0.25, 0.3) is 44.4 Å². The van der Waals surface area contributed by atoms with Crippen molar-refractivity contribution in [3.05, 3.63) is 69.3 Å². The number of hydrogen-bond acceptors (Lipinski definition) is 8. The third-order valence-corrected chi connectivity index (χ3v) is 8.63. The summed E-state index contributed by atoms with van der Waals surface area (Å²) in [5, 5.41) is 44.4. The molecule has 0 aliphatic carbocycles. The number of aromatic nitrogens is 4. The quantitative estimate of drug-likeness (QED) is 0.285. The molecule has 237 valence electrons. The van der Waals surface area contributed by atoms with Crippen LogP contribution in [0.1, 0.15) is 98.1 Å². The molecule has 0 spiro atoms. The molecule has 2 unspecified atom stereocenters. The van der Waals surface area contributed by atoms with Gasteiger partial charge in [-0.15, -0.1) is 0 Å². The van der Waals surface area contributed by atoms with E-state index >= 15 is 0 Å². The number of nitrogens with zero attached hydrogens (tertiary/aromatic N) is 2. The van der Waals surface area contributed by atoms with Crippen LogP contribution < -0.4 is 10.2 Å². The Bertz CT molecular complexity index is 1930. The van der Waals surface area contributed by atoms with Gasteiger partial charge in [0.2, 0.25) is 0 Å². The Morgan fingerprint density at radius 1 is 0.711 bits per heavy atom. The van der Waals surface area contributed by atoms with Crippen LogP contribution in [0, 0.1) is 13.8 Å². The first-order valence-corrected chi connectivity index (χ1v) is 14.7. The molecule has 3 aromatic rings. The smallest absolute Gasteiger partial charge is 0.550 e. The topological polar surface area (TPSA) is 178 Å². The third kappa shape index (κ3) is 6.52. The van der Waals surface area contributed by atoms with E-state index in [4.69, 9.17) is 9.97 Å². The van der Waals surface area contributed by atoms with E-state index < -0.39 is 24.1 Å². The Morgan fingerprint density at radius 3 is 1.84 bits per heavy atom.